The summed E-state index contributed by atoms with van der Waals surface area (Å²) in [5.41, 5.74) is -1.07. The first kappa shape index (κ1) is 42.4. The van der Waals surface area contributed by atoms with Crippen LogP contribution in [0.2, 0.25) is 0 Å². The van der Waals surface area contributed by atoms with Gasteiger partial charge in [0.2, 0.25) is 5.91 Å². The van der Waals surface area contributed by atoms with Crippen LogP contribution in [0, 0.1) is 11.8 Å². The first-order valence-electron chi connectivity index (χ1n) is 17.9. The van der Waals surface area contributed by atoms with E-state index in [9.17, 15) is 50.1 Å². The molecule has 0 aromatic rings. The molecule has 2 aliphatic carbocycles. The maximum Gasteiger partial charge on any atom is 0.309 e. The van der Waals surface area contributed by atoms with E-state index in [-0.39, 0.29) is 26.0 Å². The molecular weight excluding hydrogens is 628 g/mol. The lowest BCUT2D eigenvalue weighted by atomic mass is 9.78. The number of hydrogen-bond acceptors (Lipinski definition) is 12. The van der Waals surface area contributed by atoms with Gasteiger partial charge in [-0.3, -0.25) is 9.59 Å². The summed E-state index contributed by atoms with van der Waals surface area (Å²) in [5.74, 6) is -4.45. The zero-order valence-electron chi connectivity index (χ0n) is 28.8. The molecule has 0 aromatic heterocycles. The van der Waals surface area contributed by atoms with Gasteiger partial charge in [0, 0.05) is 13.2 Å². The van der Waals surface area contributed by atoms with Crippen molar-refractivity contribution in [2.24, 2.45) is 11.8 Å². The number of carboxylic acid groups (broad SMARTS) is 1. The number of hydrogen-bond donors (Lipinski definition) is 9. The summed E-state index contributed by atoms with van der Waals surface area (Å²) in [4.78, 5) is 36.5. The number of carbonyl (C=O) groups excluding carboxylic acids is 2. The molecule has 11 atom stereocenters. The lowest BCUT2D eigenvalue weighted by molar-refractivity contribution is -0.237. The van der Waals surface area contributed by atoms with E-state index < -0.39 is 78.1 Å². The first-order valence-corrected chi connectivity index (χ1v) is 17.9. The van der Waals surface area contributed by atoms with Crippen LogP contribution >= 0.6 is 0 Å². The number of carboxylic acids is 1. The Bertz CT molecular complexity index is 938. The van der Waals surface area contributed by atoms with Crippen molar-refractivity contribution in [3.8, 4) is 0 Å². The largest absolute Gasteiger partial charge is 0.481 e. The number of ether oxygens (including phenoxy) is 2. The smallest absolute Gasteiger partial charge is 0.309 e. The van der Waals surface area contributed by atoms with Gasteiger partial charge in [-0.15, -0.1) is 0 Å². The highest BCUT2D eigenvalue weighted by molar-refractivity contribution is 5.79. The minimum absolute atomic E-state index is 0.150. The quantitative estimate of drug-likeness (QED) is 0.0494. The Morgan fingerprint density at radius 2 is 1.35 bits per heavy atom. The number of aldehydes is 1. The summed E-state index contributed by atoms with van der Waals surface area (Å²) in [6, 6.07) is 0. The number of carbonyl (C=O) groups is 3. The highest BCUT2D eigenvalue weighted by Crippen LogP contribution is 2.35. The molecule has 2 fully saturated rings. The maximum atomic E-state index is 13.0. The third-order valence-corrected chi connectivity index (χ3v) is 10.1. The second kappa shape index (κ2) is 22.1. The van der Waals surface area contributed by atoms with Gasteiger partial charge in [0.1, 0.15) is 30.7 Å². The van der Waals surface area contributed by atoms with Gasteiger partial charge in [0.15, 0.2) is 0 Å². The van der Waals surface area contributed by atoms with E-state index in [1.54, 1.807) is 7.05 Å². The predicted molar refractivity (Wildman–Crippen MR) is 176 cm³/mol. The van der Waals surface area contributed by atoms with E-state index in [4.69, 9.17) is 9.47 Å². The molecule has 0 heterocycles. The number of unbranched alkanes of at least 4 members (excludes halogenated alkanes) is 10. The van der Waals surface area contributed by atoms with Crippen molar-refractivity contribution in [1.82, 2.24) is 10.6 Å². The van der Waals surface area contributed by atoms with Crippen molar-refractivity contribution in [3.63, 3.8) is 0 Å². The molecule has 9 N–H and O–H groups in total. The van der Waals surface area contributed by atoms with Crippen molar-refractivity contribution < 1.29 is 59.6 Å². The number of amides is 1. The molecule has 14 heteroatoms. The van der Waals surface area contributed by atoms with Crippen LogP contribution in [0.4, 0.5) is 0 Å². The number of aliphatic hydroxyl groups excluding tert-OH is 6. The Hall–Kier alpha value is -1.75. The maximum absolute atomic E-state index is 13.0. The molecule has 2 saturated carbocycles. The summed E-state index contributed by atoms with van der Waals surface area (Å²) in [7, 11) is 1.56. The lowest BCUT2D eigenvalue weighted by Gasteiger charge is -2.45. The molecule has 48 heavy (non-hydrogen) atoms. The molecule has 0 spiro atoms. The molecule has 1 amide bonds. The summed E-state index contributed by atoms with van der Waals surface area (Å²) < 4.78 is 11.7. The summed E-state index contributed by atoms with van der Waals surface area (Å²) in [6.45, 7) is 2.30. The van der Waals surface area contributed by atoms with Gasteiger partial charge >= 0.3 is 5.97 Å². The zero-order chi connectivity index (χ0) is 35.7. The number of rotatable bonds is 24. The summed E-state index contributed by atoms with van der Waals surface area (Å²) in [5, 5.41) is 78.5. The van der Waals surface area contributed by atoms with E-state index in [0.717, 1.165) is 25.7 Å². The van der Waals surface area contributed by atoms with E-state index >= 15 is 0 Å². The molecule has 14 nitrogen and oxygen atoms in total. The fraction of sp³-hybridized carbons (Fsp3) is 0.912. The second-order valence-corrected chi connectivity index (χ2v) is 13.6. The van der Waals surface area contributed by atoms with Crippen molar-refractivity contribution in [3.05, 3.63) is 0 Å². The Balaban J connectivity index is 1.89. The Labute approximate surface area is 284 Å². The van der Waals surface area contributed by atoms with Crippen molar-refractivity contribution in [1.29, 1.82) is 0 Å². The first-order chi connectivity index (χ1) is 23.0. The standard InChI is InChI=1S/C34H62N2O12/c1-3-4-5-6-7-8-9-10-11-14-17-47-24-19-23(33(45)46)31(30(43)27(24)40)48-25-18-22(26(39)29(42)28(25)41)32(44)36-16-13-12-15-34(20-37,21-38)35-2/h20,22-31,35,38-43H,3-19,21H2,1-2H3,(H,36,44)(H,45,46)/t22-,23-,24+,25+,26+,27-,28-,29-,30+,31+,34-/m0/s1. The van der Waals surface area contributed by atoms with Crippen molar-refractivity contribution in [2.45, 2.75) is 158 Å². The topological polar surface area (TPSA) is 235 Å². The average molecular weight is 691 g/mol. The summed E-state index contributed by atoms with van der Waals surface area (Å²) >= 11 is 0. The van der Waals surface area contributed by atoms with Gasteiger partial charge in [0.25, 0.3) is 0 Å². The third kappa shape index (κ3) is 12.5. The molecule has 280 valence electrons. The normalized spacial score (nSPS) is 32.0. The van der Waals surface area contributed by atoms with Crippen LogP contribution < -0.4 is 10.6 Å². The molecule has 0 aliphatic heterocycles. The van der Waals surface area contributed by atoms with E-state index in [1.165, 1.54) is 38.5 Å². The van der Waals surface area contributed by atoms with Crippen LogP contribution in [-0.2, 0) is 23.9 Å². The number of aliphatic carboxylic acids is 1. The second-order valence-electron chi connectivity index (χ2n) is 13.6. The highest BCUT2D eigenvalue weighted by Gasteiger charge is 2.52. The van der Waals surface area contributed by atoms with Crippen LogP contribution in [0.3, 0.4) is 0 Å². The Kier molecular flexibility index (Phi) is 19.6. The van der Waals surface area contributed by atoms with Crippen LogP contribution in [0.25, 0.3) is 0 Å². The number of aliphatic hydroxyl groups is 6. The fourth-order valence-corrected chi connectivity index (χ4v) is 6.72. The molecule has 0 bridgehead atoms. The number of likely N-dealkylation sites (N-methyl/N-ethyl adjacent to an activating group) is 1. The van der Waals surface area contributed by atoms with Gasteiger partial charge in [-0.1, -0.05) is 64.7 Å². The van der Waals surface area contributed by atoms with E-state index in [1.807, 2.05) is 0 Å². The van der Waals surface area contributed by atoms with E-state index in [2.05, 4.69) is 17.6 Å². The molecule has 0 unspecified atom stereocenters. The molecule has 0 aromatic carbocycles. The molecular formula is C34H62N2O12. The van der Waals surface area contributed by atoms with E-state index in [0.29, 0.717) is 32.2 Å². The van der Waals surface area contributed by atoms with Gasteiger partial charge in [-0.05, 0) is 45.6 Å². The van der Waals surface area contributed by atoms with Crippen molar-refractivity contribution >= 4 is 18.2 Å². The van der Waals surface area contributed by atoms with Crippen molar-refractivity contribution in [2.75, 3.05) is 26.8 Å². The number of nitrogens with one attached hydrogen (secondary N) is 2. The van der Waals surface area contributed by atoms with Crippen LogP contribution in [-0.4, -0.2) is 135 Å². The zero-order valence-corrected chi connectivity index (χ0v) is 28.8. The van der Waals surface area contributed by atoms with Gasteiger partial charge in [-0.25, -0.2) is 0 Å². The van der Waals surface area contributed by atoms with Gasteiger partial charge < -0.3 is 60.6 Å². The third-order valence-electron chi connectivity index (χ3n) is 10.1. The average Bonchev–Trinajstić information content (AvgIpc) is 3.08. The minimum atomic E-state index is -1.79. The highest BCUT2D eigenvalue weighted by atomic mass is 16.5. The molecule has 0 saturated heterocycles. The Morgan fingerprint density at radius 3 is 1.92 bits per heavy atom. The van der Waals surface area contributed by atoms with Crippen LogP contribution in [0.15, 0.2) is 0 Å². The summed E-state index contributed by atoms with van der Waals surface area (Å²) in [6.07, 6.45) is 0.849. The molecule has 2 aliphatic rings. The molecule has 0 radical (unpaired) electrons. The Morgan fingerprint density at radius 1 is 0.771 bits per heavy atom. The van der Waals surface area contributed by atoms with Gasteiger partial charge in [-0.2, -0.15) is 0 Å². The van der Waals surface area contributed by atoms with Crippen LogP contribution in [0.5, 0.6) is 0 Å². The fourth-order valence-electron chi connectivity index (χ4n) is 6.72. The molecule has 2 rings (SSSR count). The minimum Gasteiger partial charge on any atom is -0.481 e. The van der Waals surface area contributed by atoms with Gasteiger partial charge in [0.05, 0.1) is 48.4 Å². The monoisotopic (exact) mass is 690 g/mol. The predicted octanol–water partition coefficient (Wildman–Crippen LogP) is 0.411. The lowest BCUT2D eigenvalue weighted by Crippen LogP contribution is -2.62. The van der Waals surface area contributed by atoms with Crippen LogP contribution in [0.1, 0.15) is 103 Å². The SMILES string of the molecule is CCCCCCCCCCCCO[C@@H]1C[C@H](C(=O)O)[C@@H](O[C@@H]2C[C@H](C(=O)NCCCC[C@](C=O)(CO)NC)[C@@H](O)[C@H](O)[C@H]2O)[C@H](O)[C@H]1O.